The number of piperidine rings is 1. The van der Waals surface area contributed by atoms with E-state index in [-0.39, 0.29) is 23.5 Å². The Morgan fingerprint density at radius 2 is 1.89 bits per heavy atom. The number of rotatable bonds is 7. The molecule has 8 nitrogen and oxygen atoms in total. The molecule has 0 aliphatic carbocycles. The van der Waals surface area contributed by atoms with Crippen molar-refractivity contribution in [2.24, 2.45) is 5.92 Å². The van der Waals surface area contributed by atoms with Crippen LogP contribution in [-0.2, 0) is 16.1 Å². The number of carbonyl (C=O) groups is 2. The average Bonchev–Trinajstić information content (AvgIpc) is 3.29. The summed E-state index contributed by atoms with van der Waals surface area (Å²) in [5.41, 5.74) is 1.45. The summed E-state index contributed by atoms with van der Waals surface area (Å²) in [6.07, 6.45) is 1.35. The normalized spacial score (nSPS) is 14.6. The van der Waals surface area contributed by atoms with Crippen LogP contribution in [0, 0.1) is 5.92 Å². The van der Waals surface area contributed by atoms with E-state index in [2.05, 4.69) is 20.4 Å². The molecule has 0 bridgehead atoms. The van der Waals surface area contributed by atoms with Crippen LogP contribution in [0.5, 0.6) is 0 Å². The molecular weight excluding hydrogens is 515 g/mol. The molecule has 0 radical (unpaired) electrons. The summed E-state index contributed by atoms with van der Waals surface area (Å²) in [5.74, 6) is 0.166. The topological polar surface area (TPSA) is 97.6 Å². The van der Waals surface area contributed by atoms with Crippen molar-refractivity contribution in [1.29, 1.82) is 0 Å². The number of aromatic nitrogens is 2. The lowest BCUT2D eigenvalue weighted by atomic mass is 9.96. The molecule has 0 saturated carbocycles. The molecule has 1 amide bonds. The fourth-order valence-corrected chi connectivity index (χ4v) is 4.56. The molecule has 3 aromatic rings. The maximum absolute atomic E-state index is 12.8. The third kappa shape index (κ3) is 6.32. The second kappa shape index (κ2) is 11.4. The highest BCUT2D eigenvalue weighted by Gasteiger charge is 2.27. The van der Waals surface area contributed by atoms with Crippen molar-refractivity contribution in [3.8, 4) is 11.4 Å². The van der Waals surface area contributed by atoms with E-state index in [1.807, 2.05) is 0 Å². The molecule has 0 atom stereocenters. The lowest BCUT2D eigenvalue weighted by Crippen LogP contribution is -2.37. The number of benzene rings is 2. The fraction of sp³-hybridized carbons (Fsp3) is 0.333. The van der Waals surface area contributed by atoms with Crippen molar-refractivity contribution >= 4 is 52.4 Å². The van der Waals surface area contributed by atoms with E-state index in [9.17, 15) is 9.59 Å². The summed E-state index contributed by atoms with van der Waals surface area (Å²) in [5, 5.41) is 8.16. The van der Waals surface area contributed by atoms with E-state index < -0.39 is 5.97 Å². The minimum atomic E-state index is -0.454. The van der Waals surface area contributed by atoms with Crippen molar-refractivity contribution in [3.05, 3.63) is 62.9 Å². The summed E-state index contributed by atoms with van der Waals surface area (Å²) in [6, 6.07) is 9.79. The molecule has 1 saturated heterocycles. The first-order valence-corrected chi connectivity index (χ1v) is 12.2. The Kier molecular flexibility index (Phi) is 8.28. The second-order valence-corrected chi connectivity index (χ2v) is 9.34. The number of esters is 1. The van der Waals surface area contributed by atoms with E-state index in [1.165, 1.54) is 6.07 Å². The van der Waals surface area contributed by atoms with Crippen molar-refractivity contribution < 1.29 is 18.8 Å². The zero-order valence-electron chi connectivity index (χ0n) is 18.9. The van der Waals surface area contributed by atoms with E-state index in [4.69, 9.17) is 44.1 Å². The monoisotopic (exact) mass is 536 g/mol. The number of hydrogen-bond acceptors (Lipinski definition) is 7. The highest BCUT2D eigenvalue weighted by Crippen LogP contribution is 2.29. The van der Waals surface area contributed by atoms with Crippen LogP contribution >= 0.6 is 34.8 Å². The Bertz CT molecular complexity index is 1230. The highest BCUT2D eigenvalue weighted by molar-refractivity contribution is 6.36. The lowest BCUT2D eigenvalue weighted by Gasteiger charge is -2.30. The van der Waals surface area contributed by atoms with Gasteiger partial charge in [-0.1, -0.05) is 40.0 Å². The standard InChI is InChI=1S/C24H23Cl3N4O4/c1-2-34-24(33)15-3-6-20(19(27)11-15)28-23(32)14-7-9-31(10-8-14)13-21-29-22(30-35-21)17-5-4-16(25)12-18(17)26/h3-6,11-12,14H,2,7-10,13H2,1H3,(H,28,32). The quantitative estimate of drug-likeness (QED) is 0.385. The van der Waals surface area contributed by atoms with Gasteiger partial charge in [-0.2, -0.15) is 4.98 Å². The number of carbonyl (C=O) groups excluding carboxylic acids is 2. The molecule has 1 N–H and O–H groups in total. The maximum atomic E-state index is 12.8. The first-order valence-electron chi connectivity index (χ1n) is 11.1. The van der Waals surface area contributed by atoms with Crippen molar-refractivity contribution in [2.75, 3.05) is 25.0 Å². The van der Waals surface area contributed by atoms with Crippen LogP contribution in [-0.4, -0.2) is 46.6 Å². The molecule has 4 rings (SSSR count). The molecule has 184 valence electrons. The molecule has 2 heterocycles. The van der Waals surface area contributed by atoms with Gasteiger partial charge in [0.1, 0.15) is 0 Å². The van der Waals surface area contributed by atoms with Gasteiger partial charge in [0.25, 0.3) is 0 Å². The van der Waals surface area contributed by atoms with E-state index in [0.717, 1.165) is 0 Å². The molecule has 1 aromatic heterocycles. The van der Waals surface area contributed by atoms with Crippen LogP contribution in [0.25, 0.3) is 11.4 Å². The predicted molar refractivity (Wildman–Crippen MR) is 134 cm³/mol. The van der Waals surface area contributed by atoms with Gasteiger partial charge in [-0.25, -0.2) is 4.79 Å². The summed E-state index contributed by atoms with van der Waals surface area (Å²) < 4.78 is 10.4. The fourth-order valence-electron chi connectivity index (χ4n) is 3.84. The molecule has 11 heteroatoms. The molecule has 2 aromatic carbocycles. The average molecular weight is 538 g/mol. The predicted octanol–water partition coefficient (Wildman–Crippen LogP) is 5.72. The van der Waals surface area contributed by atoms with Gasteiger partial charge in [0.2, 0.25) is 17.6 Å². The Hall–Kier alpha value is -2.65. The molecule has 0 spiro atoms. The number of ether oxygens (including phenoxy) is 1. The van der Waals surface area contributed by atoms with Crippen LogP contribution in [0.4, 0.5) is 5.69 Å². The summed E-state index contributed by atoms with van der Waals surface area (Å²) in [7, 11) is 0. The van der Waals surface area contributed by atoms with Crippen LogP contribution in [0.15, 0.2) is 40.9 Å². The zero-order chi connectivity index (χ0) is 24.9. The van der Waals surface area contributed by atoms with Gasteiger partial charge in [-0.3, -0.25) is 9.69 Å². The Labute approximate surface area is 217 Å². The molecule has 1 aliphatic rings. The van der Waals surface area contributed by atoms with Crippen LogP contribution in [0.1, 0.15) is 36.0 Å². The Morgan fingerprint density at radius 1 is 1.11 bits per heavy atom. The molecule has 1 fully saturated rings. The number of nitrogens with one attached hydrogen (secondary N) is 1. The first kappa shape index (κ1) is 25.4. The van der Waals surface area contributed by atoms with Crippen molar-refractivity contribution in [1.82, 2.24) is 15.0 Å². The maximum Gasteiger partial charge on any atom is 0.338 e. The summed E-state index contributed by atoms with van der Waals surface area (Å²) >= 11 is 18.4. The molecule has 0 unspecified atom stereocenters. The number of likely N-dealkylation sites (tertiary alicyclic amines) is 1. The Balaban J connectivity index is 1.29. The van der Waals surface area contributed by atoms with Crippen LogP contribution in [0.3, 0.4) is 0 Å². The van der Waals surface area contributed by atoms with E-state index in [0.29, 0.717) is 71.1 Å². The highest BCUT2D eigenvalue weighted by atomic mass is 35.5. The lowest BCUT2D eigenvalue weighted by molar-refractivity contribution is -0.121. The van der Waals surface area contributed by atoms with Gasteiger partial charge < -0.3 is 14.6 Å². The number of halogens is 3. The van der Waals surface area contributed by atoms with Gasteiger partial charge in [0.05, 0.1) is 34.4 Å². The van der Waals surface area contributed by atoms with E-state index >= 15 is 0 Å². The number of nitrogens with zero attached hydrogens (tertiary/aromatic N) is 3. The van der Waals surface area contributed by atoms with Crippen molar-refractivity contribution in [2.45, 2.75) is 26.3 Å². The van der Waals surface area contributed by atoms with Gasteiger partial charge in [-0.15, -0.1) is 0 Å². The number of anilines is 1. The minimum Gasteiger partial charge on any atom is -0.462 e. The zero-order valence-corrected chi connectivity index (χ0v) is 21.2. The third-order valence-corrected chi connectivity index (χ3v) is 6.56. The van der Waals surface area contributed by atoms with Crippen LogP contribution in [0.2, 0.25) is 15.1 Å². The Morgan fingerprint density at radius 3 is 2.57 bits per heavy atom. The smallest absolute Gasteiger partial charge is 0.338 e. The van der Waals surface area contributed by atoms with E-state index in [1.54, 1.807) is 37.3 Å². The molecule has 35 heavy (non-hydrogen) atoms. The minimum absolute atomic E-state index is 0.104. The van der Waals surface area contributed by atoms with Gasteiger partial charge in [0.15, 0.2) is 0 Å². The van der Waals surface area contributed by atoms with Gasteiger partial charge in [0, 0.05) is 16.5 Å². The number of amides is 1. The van der Waals surface area contributed by atoms with Gasteiger partial charge >= 0.3 is 5.97 Å². The molecular formula is C24H23Cl3N4O4. The summed E-state index contributed by atoms with van der Waals surface area (Å²) in [6.45, 7) is 3.89. The van der Waals surface area contributed by atoms with Crippen LogP contribution < -0.4 is 5.32 Å². The largest absolute Gasteiger partial charge is 0.462 e. The molecule has 1 aliphatic heterocycles. The first-order chi connectivity index (χ1) is 16.8. The second-order valence-electron chi connectivity index (χ2n) is 8.09. The summed E-state index contributed by atoms with van der Waals surface area (Å²) in [4.78, 5) is 31.2. The van der Waals surface area contributed by atoms with Crippen molar-refractivity contribution in [3.63, 3.8) is 0 Å². The number of hydrogen-bond donors (Lipinski definition) is 1. The SMILES string of the molecule is CCOC(=O)c1ccc(NC(=O)C2CCN(Cc3nc(-c4ccc(Cl)cc4Cl)no3)CC2)c(Cl)c1. The third-order valence-electron chi connectivity index (χ3n) is 5.70. The van der Waals surface area contributed by atoms with Gasteiger partial charge in [-0.05, 0) is 69.3 Å².